The summed E-state index contributed by atoms with van der Waals surface area (Å²) in [4.78, 5) is 12.3. The highest BCUT2D eigenvalue weighted by Gasteiger charge is 2.11. The number of benzene rings is 1. The fourth-order valence-corrected chi connectivity index (χ4v) is 4.02. The number of fused-ring (bicyclic) bond motifs is 1. The minimum Gasteiger partial charge on any atom is -0.338 e. The van der Waals surface area contributed by atoms with Gasteiger partial charge in [-0.2, -0.15) is 11.3 Å². The second kappa shape index (κ2) is 6.35. The molecule has 5 nitrogen and oxygen atoms in total. The van der Waals surface area contributed by atoms with E-state index in [4.69, 9.17) is 11.6 Å². The van der Waals surface area contributed by atoms with E-state index in [2.05, 4.69) is 15.5 Å². The van der Waals surface area contributed by atoms with Crippen molar-refractivity contribution in [3.63, 3.8) is 0 Å². The SMILES string of the molecule is O=C(Cn1ccc2ccc(Cl)cc21)Nc1nnc(-c2ccsc2)s1. The highest BCUT2D eigenvalue weighted by molar-refractivity contribution is 7.19. The van der Waals surface area contributed by atoms with Gasteiger partial charge in [0.25, 0.3) is 0 Å². The summed E-state index contributed by atoms with van der Waals surface area (Å²) in [6, 6.07) is 9.56. The van der Waals surface area contributed by atoms with Gasteiger partial charge in [0.2, 0.25) is 11.0 Å². The lowest BCUT2D eigenvalue weighted by atomic mass is 10.2. The van der Waals surface area contributed by atoms with E-state index >= 15 is 0 Å². The normalized spacial score (nSPS) is 11.0. The van der Waals surface area contributed by atoms with Crippen LogP contribution < -0.4 is 5.32 Å². The maximum absolute atomic E-state index is 12.3. The van der Waals surface area contributed by atoms with Gasteiger partial charge in [-0.25, -0.2) is 0 Å². The lowest BCUT2D eigenvalue weighted by molar-refractivity contribution is -0.116. The van der Waals surface area contributed by atoms with Crippen molar-refractivity contribution in [2.24, 2.45) is 0 Å². The number of thiophene rings is 1. The zero-order chi connectivity index (χ0) is 16.5. The second-order valence-electron chi connectivity index (χ2n) is 5.12. The number of halogens is 1. The van der Waals surface area contributed by atoms with E-state index in [9.17, 15) is 4.79 Å². The van der Waals surface area contributed by atoms with Crippen LogP contribution in [-0.2, 0) is 11.3 Å². The molecule has 0 aliphatic rings. The second-order valence-corrected chi connectivity index (χ2v) is 7.31. The van der Waals surface area contributed by atoms with E-state index in [1.165, 1.54) is 11.3 Å². The topological polar surface area (TPSA) is 59.8 Å². The Bertz CT molecular complexity index is 1010. The van der Waals surface area contributed by atoms with Crippen LogP contribution in [0.15, 0.2) is 47.3 Å². The number of hydrogen-bond acceptors (Lipinski definition) is 5. The molecule has 4 aromatic rings. The molecule has 0 aliphatic carbocycles. The number of carbonyl (C=O) groups is 1. The maximum atomic E-state index is 12.3. The molecule has 1 aromatic carbocycles. The van der Waals surface area contributed by atoms with E-state index in [-0.39, 0.29) is 12.5 Å². The Kier molecular flexibility index (Phi) is 4.05. The summed E-state index contributed by atoms with van der Waals surface area (Å²) in [6.45, 7) is 0.192. The van der Waals surface area contributed by atoms with E-state index in [1.54, 1.807) is 11.3 Å². The Balaban J connectivity index is 1.49. The van der Waals surface area contributed by atoms with Crippen LogP contribution in [0.2, 0.25) is 5.02 Å². The Morgan fingerprint density at radius 3 is 3.00 bits per heavy atom. The molecule has 0 spiro atoms. The van der Waals surface area contributed by atoms with Crippen molar-refractivity contribution in [1.82, 2.24) is 14.8 Å². The average Bonchev–Trinajstić information content (AvgIpc) is 3.28. The molecule has 3 heterocycles. The van der Waals surface area contributed by atoms with Crippen LogP contribution in [0.25, 0.3) is 21.5 Å². The van der Waals surface area contributed by atoms with E-state index in [1.807, 2.05) is 51.9 Å². The quantitative estimate of drug-likeness (QED) is 0.571. The monoisotopic (exact) mass is 374 g/mol. The molecular formula is C16H11ClN4OS2. The van der Waals surface area contributed by atoms with Crippen LogP contribution in [0.5, 0.6) is 0 Å². The maximum Gasteiger partial charge on any atom is 0.246 e. The molecule has 0 saturated heterocycles. The van der Waals surface area contributed by atoms with E-state index in [0.717, 1.165) is 21.5 Å². The number of nitrogens with zero attached hydrogens (tertiary/aromatic N) is 3. The van der Waals surface area contributed by atoms with Crippen molar-refractivity contribution in [2.75, 3.05) is 5.32 Å². The largest absolute Gasteiger partial charge is 0.338 e. The predicted octanol–water partition coefficient (Wildman–Crippen LogP) is 4.51. The summed E-state index contributed by atoms with van der Waals surface area (Å²) in [5.41, 5.74) is 1.94. The van der Waals surface area contributed by atoms with Crippen molar-refractivity contribution in [2.45, 2.75) is 6.54 Å². The summed E-state index contributed by atoms with van der Waals surface area (Å²) in [6.07, 6.45) is 1.87. The predicted molar refractivity (Wildman–Crippen MR) is 98.8 cm³/mol. The molecule has 0 aliphatic heterocycles. The third kappa shape index (κ3) is 3.06. The third-order valence-electron chi connectivity index (χ3n) is 3.49. The third-order valence-corrected chi connectivity index (χ3v) is 5.30. The van der Waals surface area contributed by atoms with Crippen LogP contribution in [0.1, 0.15) is 0 Å². The Labute approximate surface area is 150 Å². The van der Waals surface area contributed by atoms with Gasteiger partial charge < -0.3 is 4.57 Å². The fraction of sp³-hybridized carbons (Fsp3) is 0.0625. The van der Waals surface area contributed by atoms with Crippen LogP contribution in [-0.4, -0.2) is 20.7 Å². The molecular weight excluding hydrogens is 364 g/mol. The van der Waals surface area contributed by atoms with Gasteiger partial charge in [0, 0.05) is 27.7 Å². The molecule has 0 unspecified atom stereocenters. The molecule has 120 valence electrons. The molecule has 0 fully saturated rings. The number of anilines is 1. The number of amides is 1. The van der Waals surface area contributed by atoms with Crippen molar-refractivity contribution >= 4 is 56.2 Å². The van der Waals surface area contributed by atoms with Crippen LogP contribution >= 0.6 is 34.3 Å². The zero-order valence-electron chi connectivity index (χ0n) is 12.3. The average molecular weight is 375 g/mol. The van der Waals surface area contributed by atoms with Gasteiger partial charge in [-0.1, -0.05) is 29.0 Å². The van der Waals surface area contributed by atoms with Crippen LogP contribution in [0.3, 0.4) is 0 Å². The first-order valence-electron chi connectivity index (χ1n) is 7.09. The molecule has 3 aromatic heterocycles. The van der Waals surface area contributed by atoms with Gasteiger partial charge >= 0.3 is 0 Å². The zero-order valence-corrected chi connectivity index (χ0v) is 14.7. The van der Waals surface area contributed by atoms with Gasteiger partial charge in [-0.3, -0.25) is 10.1 Å². The van der Waals surface area contributed by atoms with Crippen molar-refractivity contribution in [3.05, 3.63) is 52.3 Å². The molecule has 0 atom stereocenters. The summed E-state index contributed by atoms with van der Waals surface area (Å²) in [7, 11) is 0. The molecule has 24 heavy (non-hydrogen) atoms. The van der Waals surface area contributed by atoms with Gasteiger partial charge in [-0.05, 0) is 35.0 Å². The summed E-state index contributed by atoms with van der Waals surface area (Å²) >= 11 is 9.00. The first-order valence-corrected chi connectivity index (χ1v) is 9.23. The first kappa shape index (κ1) is 15.3. The van der Waals surface area contributed by atoms with Gasteiger partial charge in [-0.15, -0.1) is 10.2 Å². The molecule has 0 bridgehead atoms. The minimum absolute atomic E-state index is 0.152. The molecule has 8 heteroatoms. The summed E-state index contributed by atoms with van der Waals surface area (Å²) < 4.78 is 1.86. The van der Waals surface area contributed by atoms with E-state index in [0.29, 0.717) is 10.2 Å². The first-order chi connectivity index (χ1) is 11.7. The highest BCUT2D eigenvalue weighted by atomic mass is 35.5. The molecule has 0 saturated carbocycles. The van der Waals surface area contributed by atoms with Crippen LogP contribution in [0, 0.1) is 0 Å². The summed E-state index contributed by atoms with van der Waals surface area (Å²) in [5.74, 6) is -0.152. The standard InChI is InChI=1S/C16H11ClN4OS2/c17-12-2-1-10-3-5-21(13(10)7-12)8-14(22)18-16-20-19-15(24-16)11-4-6-23-9-11/h1-7,9H,8H2,(H,18,20,22). The van der Waals surface area contributed by atoms with E-state index < -0.39 is 0 Å². The number of nitrogens with one attached hydrogen (secondary N) is 1. The van der Waals surface area contributed by atoms with Gasteiger partial charge in [0.05, 0.1) is 0 Å². The van der Waals surface area contributed by atoms with Crippen LogP contribution in [0.4, 0.5) is 5.13 Å². The van der Waals surface area contributed by atoms with Crippen molar-refractivity contribution in [1.29, 1.82) is 0 Å². The number of rotatable bonds is 4. The lowest BCUT2D eigenvalue weighted by Crippen LogP contribution is -2.18. The van der Waals surface area contributed by atoms with Gasteiger partial charge in [0.15, 0.2) is 0 Å². The lowest BCUT2D eigenvalue weighted by Gasteiger charge is -2.05. The Morgan fingerprint density at radius 2 is 2.17 bits per heavy atom. The smallest absolute Gasteiger partial charge is 0.246 e. The highest BCUT2D eigenvalue weighted by Crippen LogP contribution is 2.28. The van der Waals surface area contributed by atoms with Crippen molar-refractivity contribution < 1.29 is 4.79 Å². The minimum atomic E-state index is -0.152. The van der Waals surface area contributed by atoms with Gasteiger partial charge in [0.1, 0.15) is 11.6 Å². The molecule has 0 radical (unpaired) electrons. The number of aromatic nitrogens is 3. The molecule has 1 amide bonds. The molecule has 1 N–H and O–H groups in total. The fourth-order valence-electron chi connectivity index (χ4n) is 2.39. The Morgan fingerprint density at radius 1 is 1.25 bits per heavy atom. The number of carbonyl (C=O) groups excluding carboxylic acids is 1. The molecule has 4 rings (SSSR count). The number of hydrogen-bond donors (Lipinski definition) is 1. The Hall–Kier alpha value is -2.22. The summed E-state index contributed by atoms with van der Waals surface area (Å²) in [5, 5.41) is 17.9. The van der Waals surface area contributed by atoms with Crippen molar-refractivity contribution in [3.8, 4) is 10.6 Å².